The van der Waals surface area contributed by atoms with Crippen LogP contribution in [0.15, 0.2) is 0 Å². The Kier molecular flexibility index (Phi) is 44.4. The third-order valence-electron chi connectivity index (χ3n) is 27.4. The summed E-state index contributed by atoms with van der Waals surface area (Å²) in [7, 11) is 0. The van der Waals surface area contributed by atoms with Crippen molar-refractivity contribution in [1.29, 1.82) is 0 Å². The fraction of sp³-hybridized carbons (Fsp3) is 0.929. The SMILES string of the molecule is CC(=O)N[C@@H]1[C@@H](O)[C@H](O[C@@H]2O[C@H](CO)[C@@H](O[C@@H]3O[C@H](CO[C@H]4O[C@H](CO[C@@H]5O[C@H](CO)[C@@H](O[C@@H]6O[C@H](CO)[C@H](O)[C@H](O)[C@H]6O)[C@H](O)[C@H]5NC(C)=O)[C@@H](O)[C@H](O)[C@@H]4O[C@@H]4O[C@H](CO)[C@@H](O)[C@H](O)[C@H]4NC(C)=O)[C@@H](O)[C@H](O[C@H]4O[C@H](CO)[C@@H](O[C@@H]5O[C@H](CO)[C@@H](O)[C@H](O)[C@H]5NC(C)=O)[C@H](O)[C@@H]4O[C@@H]4O[C@H](CO)[C@@H](O[C@@H]5O[C@H](CO)[C@H](O)[C@H](O)[C@H]5O[C@@H]5O[C@@H](C)[C@@H](O)[C@@H](O)[C@@H]5O)[C@H](O)[C@H]4NC(C)=O)[C@@H]3O)[C@H](O)[C@H]2NC(C)=O)[C@@H](CO)O[C@H]1O. The Balaban J connectivity index is 0.943. The molecule has 12 aliphatic rings. The summed E-state index contributed by atoms with van der Waals surface area (Å²) in [4.78, 5) is 78.2. The van der Waals surface area contributed by atoms with Gasteiger partial charge < -0.3 is 299 Å². The van der Waals surface area contributed by atoms with Crippen molar-refractivity contribution in [3.8, 4) is 0 Å². The minimum absolute atomic E-state index is 0.847. The van der Waals surface area contributed by atoms with Crippen LogP contribution in [0.4, 0.5) is 0 Å². The zero-order valence-electron chi connectivity index (χ0n) is 81.1. The number of rotatable bonds is 39. The molecule has 866 valence electrons. The molecule has 60 atom stereocenters. The van der Waals surface area contributed by atoms with E-state index in [1.165, 1.54) is 6.92 Å². The van der Waals surface area contributed by atoms with Crippen molar-refractivity contribution in [2.24, 2.45) is 0 Å². The number of carbonyl (C=O) groups is 6. The van der Waals surface area contributed by atoms with Gasteiger partial charge in [0.2, 0.25) is 35.4 Å². The van der Waals surface area contributed by atoms with Gasteiger partial charge in [0.1, 0.15) is 287 Å². The summed E-state index contributed by atoms with van der Waals surface area (Å²) in [5.41, 5.74) is 0. The van der Waals surface area contributed by atoms with Gasteiger partial charge in [0.05, 0.1) is 78.8 Å². The van der Waals surface area contributed by atoms with Gasteiger partial charge >= 0.3 is 0 Å². The molecule has 12 saturated heterocycles. The predicted molar refractivity (Wildman–Crippen MR) is 463 cm³/mol. The molecule has 6 amide bonds. The van der Waals surface area contributed by atoms with Crippen LogP contribution in [0.5, 0.6) is 0 Å². The molecular formula is C84H140N6O60. The predicted octanol–water partition coefficient (Wildman–Crippen LogP) is -25.3. The molecule has 150 heavy (non-hydrogen) atoms. The Morgan fingerprint density at radius 3 is 0.813 bits per heavy atom. The van der Waals surface area contributed by atoms with Gasteiger partial charge in [0.25, 0.3) is 0 Å². The summed E-state index contributed by atoms with van der Waals surface area (Å²) >= 11 is 0. The van der Waals surface area contributed by atoms with Crippen LogP contribution < -0.4 is 31.9 Å². The maximum atomic E-state index is 13.7. The standard InChI is InChI=1S/C84H140N6O60/c1-19-43(106)56(119)60(123)79(130-19)150-71-58(121)47(110)29(11-94)135-83(71)146-67-33(15-98)138-78(42(55(67)118)90-25(7)105)149-72-62(125)68(143-75-38(86-21(3)101)50(113)44(107)26(8-91)132-75)34(16-99)139-84(72)147-69-49(112)36(140-81(63(69)126)145-66-32(14-97)137-77(41(54(66)117)89-24(6)104)142-64-30(12-95)131-73(127)37(52(64)115)85-20(2)100)18-129-82-70(148-76-39(87-22(4)102)51(114)45(108)27(9-92)133-76)59(122)48(111)35(141-82)17-128-74-40(88-23(5)103)53(116)65(31(13-96)136-74)144-80-61(124)57(120)46(109)28(10-93)134-80/h19,26-84,91-99,106-127H,8-18H2,1-7H3,(H,85,100)(H,86,101)(H,87,102)(H,88,103)(H,89,104)(H,90,105)/t19-,26+,27+,28+,29+,30+,31+,32+,33+,34+,35+,36+,37+,38+,39+,40+,41+,42+,43+,44+,45+,46-,47-,48+,49+,50+,51+,52+,53+,54+,55+,56+,57-,58-,59-,60-,61+,62-,63-,64+,65+,66+,67+,68+,69-,70-,71+,72-,73+,74+,75-,76-,77-,78-,79-,80-,81-,82-,83-,84+/m0/s1. The van der Waals surface area contributed by atoms with Gasteiger partial charge in [0.15, 0.2) is 75.5 Å². The van der Waals surface area contributed by atoms with Crippen LogP contribution in [0, 0.1) is 0 Å². The van der Waals surface area contributed by atoms with Crippen LogP contribution in [0.1, 0.15) is 48.5 Å². The van der Waals surface area contributed by atoms with Crippen molar-refractivity contribution in [2.75, 3.05) is 72.7 Å². The summed E-state index contributed by atoms with van der Waals surface area (Å²) < 4.78 is 140. The lowest BCUT2D eigenvalue weighted by atomic mass is 9.93. The number of aliphatic hydroxyl groups is 31. The fourth-order valence-electron chi connectivity index (χ4n) is 19.5. The first-order valence-corrected chi connectivity index (χ1v) is 48.0. The van der Waals surface area contributed by atoms with Gasteiger partial charge in [-0.05, 0) is 6.92 Å². The van der Waals surface area contributed by atoms with E-state index in [1.54, 1.807) is 0 Å². The second-order valence-electron chi connectivity index (χ2n) is 38.1. The molecule has 12 aliphatic heterocycles. The molecule has 0 unspecified atom stereocenters. The van der Waals surface area contributed by atoms with Gasteiger partial charge in [-0.15, -0.1) is 0 Å². The van der Waals surface area contributed by atoms with Crippen LogP contribution in [0.2, 0.25) is 0 Å². The van der Waals surface area contributed by atoms with E-state index in [0.29, 0.717) is 0 Å². The molecule has 0 radical (unpaired) electrons. The topological polar surface area (TPSA) is 1010 Å². The number of carbonyl (C=O) groups excluding carboxylic acids is 6. The minimum Gasteiger partial charge on any atom is -0.394 e. The zero-order chi connectivity index (χ0) is 110. The number of nitrogens with one attached hydrogen (secondary N) is 6. The van der Waals surface area contributed by atoms with Gasteiger partial charge in [-0.3, -0.25) is 28.8 Å². The molecule has 0 saturated carbocycles. The first-order chi connectivity index (χ1) is 70.9. The lowest BCUT2D eigenvalue weighted by Crippen LogP contribution is -2.71. The Labute approximate surface area is 849 Å². The molecule has 66 heteroatoms. The smallest absolute Gasteiger partial charge is 0.217 e. The monoisotopic (exact) mass is 2190 g/mol. The van der Waals surface area contributed by atoms with Gasteiger partial charge in [-0.25, -0.2) is 0 Å². The Hall–Kier alpha value is -5.34. The molecule has 0 aromatic carbocycles. The maximum Gasteiger partial charge on any atom is 0.217 e. The molecule has 0 aromatic rings. The highest BCUT2D eigenvalue weighted by Crippen LogP contribution is 2.43. The largest absolute Gasteiger partial charge is 0.394 e. The van der Waals surface area contributed by atoms with E-state index in [0.717, 1.165) is 41.5 Å². The molecule has 0 aromatic heterocycles. The van der Waals surface area contributed by atoms with Gasteiger partial charge in [-0.1, -0.05) is 0 Å². The number of ether oxygens (including phenoxy) is 23. The highest BCUT2D eigenvalue weighted by atomic mass is 16.8. The van der Waals surface area contributed by atoms with Crippen molar-refractivity contribution in [3.63, 3.8) is 0 Å². The molecule has 12 heterocycles. The van der Waals surface area contributed by atoms with Crippen LogP contribution in [-0.4, -0.2) is 635 Å². The summed E-state index contributed by atoms with van der Waals surface area (Å²) in [5.74, 6) is -5.85. The van der Waals surface area contributed by atoms with Crippen molar-refractivity contribution in [2.45, 2.75) is 417 Å². The molecule has 0 aliphatic carbocycles. The van der Waals surface area contributed by atoms with Crippen molar-refractivity contribution in [3.05, 3.63) is 0 Å². The molecular weight excluding hydrogens is 2050 g/mol. The number of aliphatic hydroxyl groups excluding tert-OH is 31. The van der Waals surface area contributed by atoms with Crippen LogP contribution in [-0.2, 0) is 138 Å². The van der Waals surface area contributed by atoms with E-state index in [4.69, 9.17) is 109 Å². The highest BCUT2D eigenvalue weighted by Gasteiger charge is 2.64. The second-order valence-corrected chi connectivity index (χ2v) is 38.1. The molecule has 37 N–H and O–H groups in total. The molecule has 12 rings (SSSR count). The third kappa shape index (κ3) is 27.5. The molecule has 12 fully saturated rings. The second kappa shape index (κ2) is 54.0. The van der Waals surface area contributed by atoms with Gasteiger partial charge in [-0.2, -0.15) is 0 Å². The number of hydrogen-bond donors (Lipinski definition) is 37. The Bertz CT molecular complexity index is 4250. The summed E-state index contributed by atoms with van der Waals surface area (Å²) in [6.07, 6.45) is -118. The average Bonchev–Trinajstić information content (AvgIpc) is 0.779. The lowest BCUT2D eigenvalue weighted by Gasteiger charge is -2.52. The maximum absolute atomic E-state index is 13.7. The first-order valence-electron chi connectivity index (χ1n) is 48.0. The zero-order valence-corrected chi connectivity index (χ0v) is 81.1. The third-order valence-corrected chi connectivity index (χ3v) is 27.4. The highest BCUT2D eigenvalue weighted by molar-refractivity contribution is 5.75. The van der Waals surface area contributed by atoms with Crippen molar-refractivity contribution >= 4 is 35.4 Å². The van der Waals surface area contributed by atoms with Crippen molar-refractivity contribution < 1.29 is 296 Å². The van der Waals surface area contributed by atoms with E-state index in [9.17, 15) is 187 Å². The number of amides is 6. The Morgan fingerprint density at radius 1 is 0.187 bits per heavy atom. The molecule has 66 nitrogen and oxygen atoms in total. The lowest BCUT2D eigenvalue weighted by molar-refractivity contribution is -0.407. The van der Waals surface area contributed by atoms with E-state index < -0.39 is 476 Å². The average molecular weight is 2190 g/mol. The van der Waals surface area contributed by atoms with E-state index >= 15 is 0 Å². The minimum atomic E-state index is -2.81. The summed E-state index contributed by atoms with van der Waals surface area (Å²) in [6, 6.07) is -11.8. The molecule has 0 spiro atoms. The van der Waals surface area contributed by atoms with Gasteiger partial charge in [0, 0.05) is 41.5 Å². The quantitative estimate of drug-likeness (QED) is 0.0272. The number of hydrogen-bond acceptors (Lipinski definition) is 60. The van der Waals surface area contributed by atoms with E-state index in [-0.39, 0.29) is 0 Å². The van der Waals surface area contributed by atoms with E-state index in [1.807, 2.05) is 0 Å². The first kappa shape index (κ1) is 123. The van der Waals surface area contributed by atoms with E-state index in [2.05, 4.69) is 31.9 Å². The Morgan fingerprint density at radius 2 is 0.413 bits per heavy atom. The van der Waals surface area contributed by atoms with Crippen LogP contribution >= 0.6 is 0 Å². The molecule has 0 bridgehead atoms. The fourth-order valence-corrected chi connectivity index (χ4v) is 19.5. The van der Waals surface area contributed by atoms with Crippen LogP contribution in [0.25, 0.3) is 0 Å². The summed E-state index contributed by atoms with van der Waals surface area (Å²) in [5, 5.41) is 368. The van der Waals surface area contributed by atoms with Crippen molar-refractivity contribution in [1.82, 2.24) is 31.9 Å². The normalized spacial score (nSPS) is 48.8. The summed E-state index contributed by atoms with van der Waals surface area (Å²) in [6.45, 7) is -6.46. The van der Waals surface area contributed by atoms with Crippen LogP contribution in [0.3, 0.4) is 0 Å².